The zero-order chi connectivity index (χ0) is 13.5. The van der Waals surface area contributed by atoms with E-state index in [9.17, 15) is 9.59 Å². The second-order valence-electron chi connectivity index (χ2n) is 4.18. The molecule has 5 heteroatoms. The number of benzene rings is 1. The quantitative estimate of drug-likeness (QED) is 0.541. The number of rotatable bonds is 6. The maximum absolute atomic E-state index is 11.9. The van der Waals surface area contributed by atoms with Gasteiger partial charge >= 0.3 is 0 Å². The molecule has 0 aromatic heterocycles. The number of primary amides is 1. The molecule has 0 aliphatic heterocycles. The molecule has 0 radical (unpaired) electrons. The molecule has 1 aromatic carbocycles. The molecular weight excluding hydrogens is 248 g/mol. The standard InChI is InChI=1S/C13H18N2O2S/c1-9-5-6-10(18)8-11(9)13(17)15-7-3-2-4-12(14)16/h5-6,8,18H,2-4,7H2,1H3,(H2,14,16)(H,15,17). The van der Waals surface area contributed by atoms with Crippen molar-refractivity contribution in [2.24, 2.45) is 5.73 Å². The van der Waals surface area contributed by atoms with Crippen LogP contribution in [0.15, 0.2) is 23.1 Å². The predicted molar refractivity (Wildman–Crippen MR) is 73.8 cm³/mol. The lowest BCUT2D eigenvalue weighted by molar-refractivity contribution is -0.118. The number of nitrogens with two attached hydrogens (primary N) is 1. The Balaban J connectivity index is 2.41. The second-order valence-corrected chi connectivity index (χ2v) is 4.69. The van der Waals surface area contributed by atoms with Crippen molar-refractivity contribution < 1.29 is 9.59 Å². The molecule has 2 amide bonds. The van der Waals surface area contributed by atoms with Crippen LogP contribution < -0.4 is 11.1 Å². The van der Waals surface area contributed by atoms with E-state index in [0.717, 1.165) is 16.9 Å². The molecule has 0 aliphatic rings. The van der Waals surface area contributed by atoms with Crippen molar-refractivity contribution in [2.75, 3.05) is 6.54 Å². The smallest absolute Gasteiger partial charge is 0.251 e. The minimum absolute atomic E-state index is 0.109. The molecule has 0 fully saturated rings. The number of carbonyl (C=O) groups is 2. The highest BCUT2D eigenvalue weighted by Gasteiger charge is 2.08. The van der Waals surface area contributed by atoms with Crippen LogP contribution in [0.2, 0.25) is 0 Å². The third-order valence-corrected chi connectivity index (χ3v) is 2.88. The molecule has 1 aromatic rings. The minimum Gasteiger partial charge on any atom is -0.370 e. The van der Waals surface area contributed by atoms with E-state index >= 15 is 0 Å². The molecule has 0 bridgehead atoms. The van der Waals surface area contributed by atoms with E-state index in [-0.39, 0.29) is 11.8 Å². The first kappa shape index (κ1) is 14.6. The fraction of sp³-hybridized carbons (Fsp3) is 0.385. The Morgan fingerprint density at radius 3 is 2.72 bits per heavy atom. The SMILES string of the molecule is Cc1ccc(S)cc1C(=O)NCCCCC(N)=O. The number of carbonyl (C=O) groups excluding carboxylic acids is 2. The van der Waals surface area contributed by atoms with Crippen LogP contribution >= 0.6 is 12.6 Å². The number of hydrogen-bond acceptors (Lipinski definition) is 3. The van der Waals surface area contributed by atoms with E-state index in [4.69, 9.17) is 5.73 Å². The molecule has 0 spiro atoms. The maximum atomic E-state index is 11.9. The number of amides is 2. The monoisotopic (exact) mass is 266 g/mol. The molecule has 0 saturated heterocycles. The highest BCUT2D eigenvalue weighted by Crippen LogP contribution is 2.13. The van der Waals surface area contributed by atoms with Crippen molar-refractivity contribution in [3.8, 4) is 0 Å². The maximum Gasteiger partial charge on any atom is 0.251 e. The van der Waals surface area contributed by atoms with Gasteiger partial charge in [-0.05, 0) is 37.5 Å². The highest BCUT2D eigenvalue weighted by molar-refractivity contribution is 7.80. The molecule has 0 unspecified atom stereocenters. The summed E-state index contributed by atoms with van der Waals surface area (Å²) in [7, 11) is 0. The fourth-order valence-corrected chi connectivity index (χ4v) is 1.78. The summed E-state index contributed by atoms with van der Waals surface area (Å²) in [6, 6.07) is 5.46. The first-order valence-electron chi connectivity index (χ1n) is 5.87. The number of thiol groups is 1. The molecule has 18 heavy (non-hydrogen) atoms. The van der Waals surface area contributed by atoms with Gasteiger partial charge in [0.1, 0.15) is 0 Å². The van der Waals surface area contributed by atoms with Gasteiger partial charge in [-0.2, -0.15) is 0 Å². The lowest BCUT2D eigenvalue weighted by atomic mass is 10.1. The average molecular weight is 266 g/mol. The Morgan fingerprint density at radius 2 is 2.06 bits per heavy atom. The molecule has 4 nitrogen and oxygen atoms in total. The molecule has 0 heterocycles. The zero-order valence-corrected chi connectivity index (χ0v) is 11.3. The van der Waals surface area contributed by atoms with Crippen LogP contribution in [0.4, 0.5) is 0 Å². The minimum atomic E-state index is -0.306. The van der Waals surface area contributed by atoms with Crippen LogP contribution in [0.1, 0.15) is 35.2 Å². The van der Waals surface area contributed by atoms with Gasteiger partial charge in [-0.1, -0.05) is 6.07 Å². The van der Waals surface area contributed by atoms with Crippen LogP contribution in [0.5, 0.6) is 0 Å². The van der Waals surface area contributed by atoms with E-state index in [1.807, 2.05) is 19.1 Å². The van der Waals surface area contributed by atoms with E-state index in [2.05, 4.69) is 17.9 Å². The normalized spacial score (nSPS) is 10.1. The summed E-state index contributed by atoms with van der Waals surface area (Å²) in [5.41, 5.74) is 6.58. The largest absolute Gasteiger partial charge is 0.370 e. The lowest BCUT2D eigenvalue weighted by Gasteiger charge is -2.08. The average Bonchev–Trinajstić information content (AvgIpc) is 2.31. The van der Waals surface area contributed by atoms with Gasteiger partial charge in [-0.25, -0.2) is 0 Å². The van der Waals surface area contributed by atoms with Gasteiger partial charge in [0, 0.05) is 23.4 Å². The van der Waals surface area contributed by atoms with Gasteiger partial charge in [0.2, 0.25) is 5.91 Å². The van der Waals surface area contributed by atoms with Crippen molar-refractivity contribution in [1.29, 1.82) is 0 Å². The summed E-state index contributed by atoms with van der Waals surface area (Å²) in [6.07, 6.45) is 1.80. The summed E-state index contributed by atoms with van der Waals surface area (Å²) < 4.78 is 0. The Bertz CT molecular complexity index is 447. The van der Waals surface area contributed by atoms with Crippen molar-refractivity contribution in [1.82, 2.24) is 5.32 Å². The predicted octanol–water partition coefficient (Wildman–Crippen LogP) is 1.67. The molecule has 1 rings (SSSR count). The number of unbranched alkanes of at least 4 members (excludes halogenated alkanes) is 1. The molecule has 3 N–H and O–H groups in total. The third kappa shape index (κ3) is 4.79. The number of hydrogen-bond donors (Lipinski definition) is 3. The Labute approximate surface area is 112 Å². The molecule has 0 aliphatic carbocycles. The fourth-order valence-electron chi connectivity index (χ4n) is 1.58. The van der Waals surface area contributed by atoms with E-state index in [0.29, 0.717) is 24.9 Å². The van der Waals surface area contributed by atoms with Crippen molar-refractivity contribution in [3.05, 3.63) is 29.3 Å². The Hall–Kier alpha value is -1.49. The van der Waals surface area contributed by atoms with Crippen molar-refractivity contribution in [3.63, 3.8) is 0 Å². The number of aryl methyl sites for hydroxylation is 1. The summed E-state index contributed by atoms with van der Waals surface area (Å²) in [4.78, 5) is 23.2. The molecule has 0 atom stereocenters. The van der Waals surface area contributed by atoms with Gasteiger partial charge in [0.25, 0.3) is 5.91 Å². The topological polar surface area (TPSA) is 72.2 Å². The van der Waals surface area contributed by atoms with Crippen molar-refractivity contribution >= 4 is 24.4 Å². The van der Waals surface area contributed by atoms with Crippen LogP contribution in [0, 0.1) is 6.92 Å². The summed E-state index contributed by atoms with van der Waals surface area (Å²) in [5.74, 6) is -0.414. The third-order valence-electron chi connectivity index (χ3n) is 2.60. The Morgan fingerprint density at radius 1 is 1.33 bits per heavy atom. The zero-order valence-electron chi connectivity index (χ0n) is 10.4. The first-order chi connectivity index (χ1) is 8.50. The molecule has 0 saturated carbocycles. The summed E-state index contributed by atoms with van der Waals surface area (Å²) >= 11 is 4.21. The van der Waals surface area contributed by atoms with Gasteiger partial charge < -0.3 is 11.1 Å². The van der Waals surface area contributed by atoms with Crippen LogP contribution in [0.25, 0.3) is 0 Å². The van der Waals surface area contributed by atoms with E-state index < -0.39 is 0 Å². The van der Waals surface area contributed by atoms with Gasteiger partial charge in [-0.3, -0.25) is 9.59 Å². The van der Waals surface area contributed by atoms with E-state index in [1.165, 1.54) is 0 Å². The highest BCUT2D eigenvalue weighted by atomic mass is 32.1. The molecular formula is C13H18N2O2S. The van der Waals surface area contributed by atoms with Gasteiger partial charge in [0.15, 0.2) is 0 Å². The van der Waals surface area contributed by atoms with E-state index in [1.54, 1.807) is 6.07 Å². The second kappa shape index (κ2) is 7.06. The summed E-state index contributed by atoms with van der Waals surface area (Å²) in [5, 5.41) is 2.82. The lowest BCUT2D eigenvalue weighted by Crippen LogP contribution is -2.25. The van der Waals surface area contributed by atoms with Crippen LogP contribution in [0.3, 0.4) is 0 Å². The van der Waals surface area contributed by atoms with Crippen LogP contribution in [-0.2, 0) is 4.79 Å². The van der Waals surface area contributed by atoms with Gasteiger partial charge in [-0.15, -0.1) is 12.6 Å². The van der Waals surface area contributed by atoms with Crippen molar-refractivity contribution in [2.45, 2.75) is 31.1 Å². The number of nitrogens with one attached hydrogen (secondary N) is 1. The first-order valence-corrected chi connectivity index (χ1v) is 6.31. The summed E-state index contributed by atoms with van der Waals surface area (Å²) in [6.45, 7) is 2.43. The Kier molecular flexibility index (Phi) is 5.71. The van der Waals surface area contributed by atoms with Gasteiger partial charge in [0.05, 0.1) is 0 Å². The molecule has 98 valence electrons. The van der Waals surface area contributed by atoms with Crippen LogP contribution in [-0.4, -0.2) is 18.4 Å².